The van der Waals surface area contributed by atoms with E-state index in [1.807, 2.05) is 77.4 Å². The Morgan fingerprint density at radius 2 is 1.52 bits per heavy atom. The monoisotopic (exact) mass is 387 g/mol. The standard InChI is InChI=1S/C24H25N3O2/c28-21(18-29-17-20-11-5-2-6-12-20)16-27-23-14-8-7-13-22(23)26-24(27)25-15-19-9-3-1-4-10-19/h1-14,21,28H,15-18H2,(H,25,26)/t21-/m0/s1. The van der Waals surface area contributed by atoms with E-state index in [-0.39, 0.29) is 6.61 Å². The Labute approximate surface area is 170 Å². The number of hydrogen-bond acceptors (Lipinski definition) is 4. The Balaban J connectivity index is 1.43. The zero-order chi connectivity index (χ0) is 19.9. The van der Waals surface area contributed by atoms with Gasteiger partial charge in [-0.2, -0.15) is 0 Å². The van der Waals surface area contributed by atoms with Crippen LogP contribution in [0.3, 0.4) is 0 Å². The van der Waals surface area contributed by atoms with Crippen LogP contribution in [0.4, 0.5) is 5.95 Å². The van der Waals surface area contributed by atoms with Gasteiger partial charge >= 0.3 is 0 Å². The van der Waals surface area contributed by atoms with E-state index in [1.54, 1.807) is 0 Å². The van der Waals surface area contributed by atoms with Crippen molar-refractivity contribution in [2.45, 2.75) is 25.8 Å². The third-order valence-electron chi connectivity index (χ3n) is 4.76. The number of hydrogen-bond donors (Lipinski definition) is 2. The molecule has 2 N–H and O–H groups in total. The summed E-state index contributed by atoms with van der Waals surface area (Å²) in [5.41, 5.74) is 4.17. The first-order valence-corrected chi connectivity index (χ1v) is 9.82. The van der Waals surface area contributed by atoms with Crippen LogP contribution in [0.1, 0.15) is 11.1 Å². The zero-order valence-corrected chi connectivity index (χ0v) is 16.2. The van der Waals surface area contributed by atoms with Crippen molar-refractivity contribution >= 4 is 17.0 Å². The fourth-order valence-electron chi connectivity index (χ4n) is 3.32. The second kappa shape index (κ2) is 9.37. The summed E-state index contributed by atoms with van der Waals surface area (Å²) in [6.07, 6.45) is -0.631. The predicted molar refractivity (Wildman–Crippen MR) is 116 cm³/mol. The number of imidazole rings is 1. The highest BCUT2D eigenvalue weighted by molar-refractivity contribution is 5.78. The molecule has 4 aromatic rings. The summed E-state index contributed by atoms with van der Waals surface area (Å²) in [6.45, 7) is 1.83. The largest absolute Gasteiger partial charge is 0.389 e. The molecule has 0 aliphatic carbocycles. The molecule has 0 fully saturated rings. The maximum atomic E-state index is 10.6. The molecule has 0 unspecified atom stereocenters. The molecule has 0 bridgehead atoms. The van der Waals surface area contributed by atoms with Gasteiger partial charge in [0, 0.05) is 6.54 Å². The van der Waals surface area contributed by atoms with Crippen molar-refractivity contribution in [1.82, 2.24) is 9.55 Å². The molecule has 148 valence electrons. The lowest BCUT2D eigenvalue weighted by Crippen LogP contribution is -2.23. The summed E-state index contributed by atoms with van der Waals surface area (Å²) < 4.78 is 7.73. The van der Waals surface area contributed by atoms with Crippen molar-refractivity contribution < 1.29 is 9.84 Å². The molecule has 5 nitrogen and oxygen atoms in total. The highest BCUT2D eigenvalue weighted by atomic mass is 16.5. The van der Waals surface area contributed by atoms with Crippen molar-refractivity contribution in [1.29, 1.82) is 0 Å². The predicted octanol–water partition coefficient (Wildman–Crippen LogP) is 4.23. The van der Waals surface area contributed by atoms with Gasteiger partial charge in [-0.05, 0) is 23.3 Å². The third-order valence-corrected chi connectivity index (χ3v) is 4.76. The van der Waals surface area contributed by atoms with E-state index in [2.05, 4.69) is 17.4 Å². The maximum absolute atomic E-state index is 10.6. The highest BCUT2D eigenvalue weighted by Gasteiger charge is 2.14. The Morgan fingerprint density at radius 1 is 0.862 bits per heavy atom. The van der Waals surface area contributed by atoms with Gasteiger partial charge in [-0.1, -0.05) is 72.8 Å². The number of aliphatic hydroxyl groups excluding tert-OH is 1. The summed E-state index contributed by atoms with van der Waals surface area (Å²) >= 11 is 0. The van der Waals surface area contributed by atoms with Crippen LogP contribution in [-0.2, 0) is 24.4 Å². The van der Waals surface area contributed by atoms with Crippen molar-refractivity contribution in [2.75, 3.05) is 11.9 Å². The maximum Gasteiger partial charge on any atom is 0.204 e. The Kier molecular flexibility index (Phi) is 6.19. The minimum absolute atomic E-state index is 0.263. The van der Waals surface area contributed by atoms with Crippen LogP contribution >= 0.6 is 0 Å². The van der Waals surface area contributed by atoms with Crippen molar-refractivity contribution in [2.24, 2.45) is 0 Å². The molecule has 0 radical (unpaired) electrons. The van der Waals surface area contributed by atoms with Gasteiger partial charge in [0.2, 0.25) is 5.95 Å². The van der Waals surface area contributed by atoms with E-state index in [0.717, 1.165) is 22.5 Å². The smallest absolute Gasteiger partial charge is 0.204 e. The van der Waals surface area contributed by atoms with Gasteiger partial charge < -0.3 is 19.7 Å². The first kappa shape index (κ1) is 19.2. The van der Waals surface area contributed by atoms with Crippen LogP contribution in [0.2, 0.25) is 0 Å². The van der Waals surface area contributed by atoms with Gasteiger partial charge in [0.05, 0.1) is 36.9 Å². The number of aromatic nitrogens is 2. The fraction of sp³-hybridized carbons (Fsp3) is 0.208. The molecular formula is C24H25N3O2. The first-order valence-electron chi connectivity index (χ1n) is 9.82. The molecule has 1 heterocycles. The molecule has 1 atom stereocenters. The first-order chi connectivity index (χ1) is 14.3. The average Bonchev–Trinajstić information content (AvgIpc) is 3.11. The van der Waals surface area contributed by atoms with E-state index in [9.17, 15) is 5.11 Å². The minimum Gasteiger partial charge on any atom is -0.389 e. The molecule has 0 amide bonds. The van der Waals surface area contributed by atoms with Crippen LogP contribution in [0.5, 0.6) is 0 Å². The van der Waals surface area contributed by atoms with Crippen molar-refractivity contribution in [3.63, 3.8) is 0 Å². The van der Waals surface area contributed by atoms with Gasteiger partial charge in [-0.15, -0.1) is 0 Å². The molecular weight excluding hydrogens is 362 g/mol. The quantitative estimate of drug-likeness (QED) is 0.451. The number of fused-ring (bicyclic) bond motifs is 1. The topological polar surface area (TPSA) is 59.3 Å². The van der Waals surface area contributed by atoms with E-state index in [1.165, 1.54) is 5.56 Å². The van der Waals surface area contributed by atoms with Gasteiger partial charge in [0.1, 0.15) is 0 Å². The second-order valence-corrected chi connectivity index (χ2v) is 7.03. The van der Waals surface area contributed by atoms with Crippen LogP contribution in [0, 0.1) is 0 Å². The number of aliphatic hydroxyl groups is 1. The summed E-state index contributed by atoms with van der Waals surface area (Å²) in [7, 11) is 0. The number of para-hydroxylation sites is 2. The van der Waals surface area contributed by atoms with Gasteiger partial charge in [0.15, 0.2) is 0 Å². The highest BCUT2D eigenvalue weighted by Crippen LogP contribution is 2.21. The molecule has 4 rings (SSSR count). The number of nitrogens with zero attached hydrogens (tertiary/aromatic N) is 2. The summed E-state index contributed by atoms with van der Waals surface area (Å²) in [4.78, 5) is 4.71. The van der Waals surface area contributed by atoms with Gasteiger partial charge in [-0.3, -0.25) is 0 Å². The minimum atomic E-state index is -0.631. The van der Waals surface area contributed by atoms with Gasteiger partial charge in [-0.25, -0.2) is 4.98 Å². The number of rotatable bonds is 9. The lowest BCUT2D eigenvalue weighted by Gasteiger charge is -2.16. The summed E-state index contributed by atoms with van der Waals surface area (Å²) in [5.74, 6) is 0.747. The second-order valence-electron chi connectivity index (χ2n) is 7.03. The van der Waals surface area contributed by atoms with Crippen LogP contribution in [0.25, 0.3) is 11.0 Å². The number of ether oxygens (including phenoxy) is 1. The third kappa shape index (κ3) is 5.02. The van der Waals surface area contributed by atoms with Crippen LogP contribution in [-0.4, -0.2) is 27.4 Å². The Bertz CT molecular complexity index is 1030. The normalized spacial score (nSPS) is 12.2. The van der Waals surface area contributed by atoms with E-state index >= 15 is 0 Å². The number of benzene rings is 3. The lowest BCUT2D eigenvalue weighted by molar-refractivity contribution is 0.0211. The molecule has 0 aliphatic heterocycles. The van der Waals surface area contributed by atoms with Crippen molar-refractivity contribution in [3.8, 4) is 0 Å². The molecule has 1 aromatic heterocycles. The molecule has 0 saturated heterocycles. The SMILES string of the molecule is O[C@H](COCc1ccccc1)Cn1c(NCc2ccccc2)nc2ccccc21. The van der Waals surface area contributed by atoms with Crippen LogP contribution < -0.4 is 5.32 Å². The fourth-order valence-corrected chi connectivity index (χ4v) is 3.32. The van der Waals surface area contributed by atoms with Crippen LogP contribution in [0.15, 0.2) is 84.9 Å². The molecule has 3 aromatic carbocycles. The zero-order valence-electron chi connectivity index (χ0n) is 16.2. The van der Waals surface area contributed by atoms with E-state index in [0.29, 0.717) is 19.7 Å². The molecule has 0 saturated carbocycles. The number of anilines is 1. The Morgan fingerprint density at radius 3 is 2.28 bits per heavy atom. The molecule has 29 heavy (non-hydrogen) atoms. The Hall–Kier alpha value is -3.15. The molecule has 0 spiro atoms. The molecule has 0 aliphatic rings. The average molecular weight is 387 g/mol. The summed E-state index contributed by atoms with van der Waals surface area (Å²) in [5, 5.41) is 14.0. The van der Waals surface area contributed by atoms with E-state index in [4.69, 9.17) is 9.72 Å². The summed E-state index contributed by atoms with van der Waals surface area (Å²) in [6, 6.07) is 28.1. The van der Waals surface area contributed by atoms with Gasteiger partial charge in [0.25, 0.3) is 0 Å². The lowest BCUT2D eigenvalue weighted by atomic mass is 10.2. The van der Waals surface area contributed by atoms with Crippen molar-refractivity contribution in [3.05, 3.63) is 96.1 Å². The number of nitrogens with one attached hydrogen (secondary N) is 1. The molecule has 5 heteroatoms. The van der Waals surface area contributed by atoms with E-state index < -0.39 is 6.10 Å².